The van der Waals surface area contributed by atoms with Crippen LogP contribution in [0.15, 0.2) is 42.5 Å². The van der Waals surface area contributed by atoms with Crippen molar-refractivity contribution in [3.8, 4) is 5.75 Å². The number of hydrogen-bond acceptors (Lipinski definition) is 4. The third-order valence-electron chi connectivity index (χ3n) is 4.11. The molecule has 0 heterocycles. The fourth-order valence-corrected chi connectivity index (χ4v) is 2.51. The molecule has 0 aromatic heterocycles. The van der Waals surface area contributed by atoms with Crippen LogP contribution in [0.4, 0.5) is 4.39 Å². The van der Waals surface area contributed by atoms with Gasteiger partial charge in [0.15, 0.2) is 5.78 Å². The largest absolute Gasteiger partial charge is 0.490 e. The quantitative estimate of drug-likeness (QED) is 0.619. The summed E-state index contributed by atoms with van der Waals surface area (Å²) in [6, 6.07) is 10.2. The molecule has 1 saturated carbocycles. The summed E-state index contributed by atoms with van der Waals surface area (Å²) in [4.78, 5) is 24.4. The van der Waals surface area contributed by atoms with Crippen LogP contribution in [-0.4, -0.2) is 25.0 Å². The molecule has 0 radical (unpaired) electrons. The molecule has 0 amide bonds. The number of esters is 1. The van der Waals surface area contributed by atoms with Crippen molar-refractivity contribution in [1.29, 1.82) is 0 Å². The van der Waals surface area contributed by atoms with E-state index in [1.54, 1.807) is 6.07 Å². The van der Waals surface area contributed by atoms with Crippen LogP contribution in [-0.2, 0) is 4.74 Å². The number of hydrogen-bond donors (Lipinski definition) is 0. The summed E-state index contributed by atoms with van der Waals surface area (Å²) in [6.45, 7) is 0. The first kappa shape index (κ1) is 16.2. The monoisotopic (exact) mass is 328 g/mol. The molecule has 2 aromatic carbocycles. The first-order valence-corrected chi connectivity index (χ1v) is 7.78. The van der Waals surface area contributed by atoms with Crippen LogP contribution in [0.5, 0.6) is 5.75 Å². The molecule has 124 valence electrons. The SMILES string of the molecule is COC(=O)c1ccc(C(=O)c2ccccc2F)cc1OC1CCC1. The predicted molar refractivity (Wildman–Crippen MR) is 85.9 cm³/mol. The van der Waals surface area contributed by atoms with Crippen molar-refractivity contribution < 1.29 is 23.5 Å². The molecular formula is C19H17FO4. The summed E-state index contributed by atoms with van der Waals surface area (Å²) >= 11 is 0. The Labute approximate surface area is 139 Å². The van der Waals surface area contributed by atoms with Gasteiger partial charge in [0, 0.05) is 5.56 Å². The molecule has 2 aromatic rings. The molecule has 0 atom stereocenters. The molecule has 1 fully saturated rings. The van der Waals surface area contributed by atoms with Gasteiger partial charge in [0.2, 0.25) is 0 Å². The van der Waals surface area contributed by atoms with E-state index in [0.717, 1.165) is 19.3 Å². The number of rotatable bonds is 5. The first-order valence-electron chi connectivity index (χ1n) is 7.78. The fourth-order valence-electron chi connectivity index (χ4n) is 2.51. The second-order valence-corrected chi connectivity index (χ2v) is 5.68. The summed E-state index contributed by atoms with van der Waals surface area (Å²) in [6.07, 6.45) is 2.93. The van der Waals surface area contributed by atoms with Gasteiger partial charge in [0.1, 0.15) is 17.1 Å². The summed E-state index contributed by atoms with van der Waals surface area (Å²) in [5, 5.41) is 0. The van der Waals surface area contributed by atoms with Gasteiger partial charge in [-0.3, -0.25) is 4.79 Å². The van der Waals surface area contributed by atoms with E-state index in [0.29, 0.717) is 5.75 Å². The van der Waals surface area contributed by atoms with E-state index in [2.05, 4.69) is 0 Å². The number of ether oxygens (including phenoxy) is 2. The van der Waals surface area contributed by atoms with Gasteiger partial charge in [-0.25, -0.2) is 9.18 Å². The number of ketones is 1. The Bertz CT molecular complexity index is 781. The van der Waals surface area contributed by atoms with Crippen molar-refractivity contribution in [3.63, 3.8) is 0 Å². The van der Waals surface area contributed by atoms with Gasteiger partial charge < -0.3 is 9.47 Å². The van der Waals surface area contributed by atoms with Gasteiger partial charge in [-0.1, -0.05) is 12.1 Å². The third kappa shape index (κ3) is 3.15. The molecule has 1 aliphatic carbocycles. The van der Waals surface area contributed by atoms with Crippen molar-refractivity contribution in [2.45, 2.75) is 25.4 Å². The molecule has 4 nitrogen and oxygen atoms in total. The number of halogens is 1. The molecule has 0 N–H and O–H groups in total. The van der Waals surface area contributed by atoms with Crippen LogP contribution in [0.2, 0.25) is 0 Å². The standard InChI is InChI=1S/C19H17FO4/c1-23-19(22)15-10-9-12(11-17(15)24-13-5-4-6-13)18(21)14-7-2-3-8-16(14)20/h2-3,7-11,13H,4-6H2,1H3. The van der Waals surface area contributed by atoms with Crippen molar-refractivity contribution >= 4 is 11.8 Å². The third-order valence-corrected chi connectivity index (χ3v) is 4.11. The Morgan fingerprint density at radius 1 is 1.08 bits per heavy atom. The first-order chi connectivity index (χ1) is 11.6. The van der Waals surface area contributed by atoms with Crippen LogP contribution in [0.1, 0.15) is 45.5 Å². The van der Waals surface area contributed by atoms with E-state index in [1.165, 1.54) is 43.5 Å². The summed E-state index contributed by atoms with van der Waals surface area (Å²) in [5.41, 5.74) is 0.509. The smallest absolute Gasteiger partial charge is 0.341 e. The van der Waals surface area contributed by atoms with E-state index in [4.69, 9.17) is 9.47 Å². The molecule has 5 heteroatoms. The average molecular weight is 328 g/mol. The molecule has 0 aliphatic heterocycles. The topological polar surface area (TPSA) is 52.6 Å². The second-order valence-electron chi connectivity index (χ2n) is 5.68. The van der Waals surface area contributed by atoms with E-state index in [-0.39, 0.29) is 22.8 Å². The Hall–Kier alpha value is -2.69. The van der Waals surface area contributed by atoms with Crippen LogP contribution in [0, 0.1) is 5.82 Å². The Morgan fingerprint density at radius 2 is 1.83 bits per heavy atom. The normalized spacial score (nSPS) is 13.9. The highest BCUT2D eigenvalue weighted by Crippen LogP contribution is 2.30. The molecule has 0 unspecified atom stereocenters. The zero-order valence-electron chi connectivity index (χ0n) is 13.3. The highest BCUT2D eigenvalue weighted by molar-refractivity contribution is 6.10. The highest BCUT2D eigenvalue weighted by Gasteiger charge is 2.24. The Kier molecular flexibility index (Phi) is 4.60. The molecule has 0 saturated heterocycles. The number of benzene rings is 2. The van der Waals surface area contributed by atoms with Crippen LogP contribution in [0.3, 0.4) is 0 Å². The zero-order valence-corrected chi connectivity index (χ0v) is 13.3. The molecule has 0 spiro atoms. The second kappa shape index (κ2) is 6.83. The zero-order chi connectivity index (χ0) is 17.1. The number of carbonyl (C=O) groups excluding carboxylic acids is 2. The minimum absolute atomic E-state index is 0.0158. The molecule has 3 rings (SSSR count). The lowest BCUT2D eigenvalue weighted by molar-refractivity contribution is 0.0584. The van der Waals surface area contributed by atoms with E-state index in [1.807, 2.05) is 0 Å². The number of carbonyl (C=O) groups is 2. The lowest BCUT2D eigenvalue weighted by Crippen LogP contribution is -2.25. The van der Waals surface area contributed by atoms with E-state index in [9.17, 15) is 14.0 Å². The Balaban J connectivity index is 1.96. The molecule has 1 aliphatic rings. The molecule has 24 heavy (non-hydrogen) atoms. The van der Waals surface area contributed by atoms with Gasteiger partial charge in [-0.05, 0) is 49.6 Å². The van der Waals surface area contributed by atoms with Crippen LogP contribution >= 0.6 is 0 Å². The summed E-state index contributed by atoms with van der Waals surface area (Å²) in [7, 11) is 1.29. The average Bonchev–Trinajstić information content (AvgIpc) is 2.57. The fraction of sp³-hybridized carbons (Fsp3) is 0.263. The Morgan fingerprint density at radius 3 is 2.46 bits per heavy atom. The lowest BCUT2D eigenvalue weighted by atomic mass is 9.95. The molecular weight excluding hydrogens is 311 g/mol. The van der Waals surface area contributed by atoms with Crippen LogP contribution < -0.4 is 4.74 Å². The maximum absolute atomic E-state index is 13.8. The van der Waals surface area contributed by atoms with Gasteiger partial charge in [0.05, 0.1) is 18.8 Å². The van der Waals surface area contributed by atoms with Gasteiger partial charge >= 0.3 is 5.97 Å². The highest BCUT2D eigenvalue weighted by atomic mass is 19.1. The summed E-state index contributed by atoms with van der Waals surface area (Å²) in [5.74, 6) is -1.27. The van der Waals surface area contributed by atoms with Crippen molar-refractivity contribution in [2.75, 3.05) is 7.11 Å². The van der Waals surface area contributed by atoms with Crippen molar-refractivity contribution in [2.24, 2.45) is 0 Å². The maximum Gasteiger partial charge on any atom is 0.341 e. The molecule has 0 bridgehead atoms. The predicted octanol–water partition coefficient (Wildman–Crippen LogP) is 3.77. The van der Waals surface area contributed by atoms with Crippen LogP contribution in [0.25, 0.3) is 0 Å². The van der Waals surface area contributed by atoms with Crippen molar-refractivity contribution in [3.05, 3.63) is 65.0 Å². The number of methoxy groups -OCH3 is 1. The minimum Gasteiger partial charge on any atom is -0.490 e. The van der Waals surface area contributed by atoms with Gasteiger partial charge in [-0.2, -0.15) is 0 Å². The summed E-state index contributed by atoms with van der Waals surface area (Å²) < 4.78 is 24.4. The van der Waals surface area contributed by atoms with E-state index < -0.39 is 17.6 Å². The van der Waals surface area contributed by atoms with Crippen molar-refractivity contribution in [1.82, 2.24) is 0 Å². The van der Waals surface area contributed by atoms with Gasteiger partial charge in [0.25, 0.3) is 0 Å². The minimum atomic E-state index is -0.582. The maximum atomic E-state index is 13.8. The van der Waals surface area contributed by atoms with Gasteiger partial charge in [-0.15, -0.1) is 0 Å². The van der Waals surface area contributed by atoms with E-state index >= 15 is 0 Å². The lowest BCUT2D eigenvalue weighted by Gasteiger charge is -2.27.